The lowest BCUT2D eigenvalue weighted by Gasteiger charge is -2.11. The highest BCUT2D eigenvalue weighted by atomic mass is 32.1. The van der Waals surface area contributed by atoms with Crippen LogP contribution in [0.4, 0.5) is 5.69 Å². The van der Waals surface area contributed by atoms with Crippen LogP contribution in [-0.2, 0) is 4.79 Å². The molecule has 0 fully saturated rings. The molecule has 2 aromatic rings. The molecule has 0 aliphatic carbocycles. The zero-order chi connectivity index (χ0) is 16.7. The summed E-state index contributed by atoms with van der Waals surface area (Å²) in [7, 11) is 1.55. The van der Waals surface area contributed by atoms with Crippen LogP contribution in [0.25, 0.3) is 6.08 Å². The van der Waals surface area contributed by atoms with E-state index < -0.39 is 0 Å². The largest absolute Gasteiger partial charge is 0.355 e. The molecule has 5 nitrogen and oxygen atoms in total. The van der Waals surface area contributed by atoms with Crippen molar-refractivity contribution in [3.8, 4) is 0 Å². The molecule has 0 bridgehead atoms. The summed E-state index contributed by atoms with van der Waals surface area (Å²) in [5.74, 6) is -0.576. The van der Waals surface area contributed by atoms with Crippen LogP contribution in [0.1, 0.15) is 15.2 Å². The number of thiocarbonyl (C=S) groups is 1. The molecule has 118 valence electrons. The minimum absolute atomic E-state index is 0.127. The molecule has 0 atom stereocenters. The molecule has 1 aromatic carbocycles. The maximum Gasteiger partial charge on any atom is 0.253 e. The van der Waals surface area contributed by atoms with Crippen molar-refractivity contribution in [2.24, 2.45) is 0 Å². The standard InChI is InChI=1S/C16H15N3O2S2/c1-17-15(21)12-6-2-3-7-13(12)18-16(22)19-14(20)9-8-11-5-4-10-23-11/h2-10H,1H3,(H,17,21)(H2,18,19,20,22)/b9-8+. The molecule has 2 rings (SSSR count). The summed E-state index contributed by atoms with van der Waals surface area (Å²) in [6.07, 6.45) is 3.12. The van der Waals surface area contributed by atoms with Crippen LogP contribution in [0.2, 0.25) is 0 Å². The number of benzene rings is 1. The van der Waals surface area contributed by atoms with E-state index in [1.807, 2.05) is 17.5 Å². The number of hydrogen-bond acceptors (Lipinski definition) is 4. The third-order valence-electron chi connectivity index (χ3n) is 2.83. The van der Waals surface area contributed by atoms with Gasteiger partial charge in [-0.15, -0.1) is 11.3 Å². The van der Waals surface area contributed by atoms with Crippen molar-refractivity contribution < 1.29 is 9.59 Å². The van der Waals surface area contributed by atoms with E-state index in [4.69, 9.17) is 12.2 Å². The lowest BCUT2D eigenvalue weighted by atomic mass is 10.1. The zero-order valence-electron chi connectivity index (χ0n) is 12.3. The van der Waals surface area contributed by atoms with Crippen LogP contribution in [0, 0.1) is 0 Å². The summed E-state index contributed by atoms with van der Waals surface area (Å²) >= 11 is 6.64. The predicted molar refractivity (Wildman–Crippen MR) is 97.5 cm³/mol. The fourth-order valence-corrected chi connectivity index (χ4v) is 2.60. The van der Waals surface area contributed by atoms with Crippen LogP contribution >= 0.6 is 23.6 Å². The molecule has 0 aliphatic heterocycles. The molecule has 1 heterocycles. The van der Waals surface area contributed by atoms with Crippen LogP contribution in [-0.4, -0.2) is 24.0 Å². The highest BCUT2D eigenvalue weighted by Crippen LogP contribution is 2.14. The van der Waals surface area contributed by atoms with Crippen molar-refractivity contribution >= 4 is 52.2 Å². The van der Waals surface area contributed by atoms with Crippen molar-refractivity contribution in [3.05, 3.63) is 58.3 Å². The van der Waals surface area contributed by atoms with Gasteiger partial charge in [0.25, 0.3) is 5.91 Å². The van der Waals surface area contributed by atoms with Gasteiger partial charge in [-0.05, 0) is 41.9 Å². The average Bonchev–Trinajstić information content (AvgIpc) is 3.06. The first-order valence-corrected chi connectivity index (χ1v) is 8.03. The van der Waals surface area contributed by atoms with Crippen LogP contribution in [0.15, 0.2) is 47.9 Å². The third kappa shape index (κ3) is 5.01. The van der Waals surface area contributed by atoms with Gasteiger partial charge in [-0.1, -0.05) is 18.2 Å². The molecule has 7 heteroatoms. The zero-order valence-corrected chi connectivity index (χ0v) is 14.0. The summed E-state index contributed by atoms with van der Waals surface area (Å²) in [5.41, 5.74) is 0.972. The van der Waals surface area contributed by atoms with Gasteiger partial charge in [-0.25, -0.2) is 0 Å². The quantitative estimate of drug-likeness (QED) is 0.588. The molecule has 2 amide bonds. The molecule has 0 spiro atoms. The Morgan fingerprint density at radius 2 is 1.96 bits per heavy atom. The van der Waals surface area contributed by atoms with Crippen molar-refractivity contribution in [2.75, 3.05) is 12.4 Å². The van der Waals surface area contributed by atoms with E-state index in [-0.39, 0.29) is 16.9 Å². The van der Waals surface area contributed by atoms with E-state index in [0.717, 1.165) is 4.88 Å². The first-order chi connectivity index (χ1) is 11.1. The van der Waals surface area contributed by atoms with Crippen molar-refractivity contribution in [3.63, 3.8) is 0 Å². The second kappa shape index (κ2) is 8.21. The number of para-hydroxylation sites is 1. The van der Waals surface area contributed by atoms with Gasteiger partial charge in [0.05, 0.1) is 11.3 Å². The number of hydrogen-bond donors (Lipinski definition) is 3. The summed E-state index contributed by atoms with van der Waals surface area (Å²) < 4.78 is 0. The SMILES string of the molecule is CNC(=O)c1ccccc1NC(=S)NC(=O)/C=C/c1cccs1. The Morgan fingerprint density at radius 3 is 2.65 bits per heavy atom. The van der Waals surface area contributed by atoms with Gasteiger partial charge < -0.3 is 10.6 Å². The van der Waals surface area contributed by atoms with E-state index in [1.54, 1.807) is 37.4 Å². The molecule has 0 aliphatic rings. The average molecular weight is 345 g/mol. The van der Waals surface area contributed by atoms with Gasteiger partial charge in [-0.3, -0.25) is 14.9 Å². The van der Waals surface area contributed by atoms with E-state index in [9.17, 15) is 9.59 Å². The minimum atomic E-state index is -0.340. The van der Waals surface area contributed by atoms with E-state index in [2.05, 4.69) is 16.0 Å². The monoisotopic (exact) mass is 345 g/mol. The topological polar surface area (TPSA) is 70.2 Å². The fraction of sp³-hybridized carbons (Fsp3) is 0.0625. The van der Waals surface area contributed by atoms with Crippen molar-refractivity contribution in [1.29, 1.82) is 0 Å². The summed E-state index contributed by atoms with van der Waals surface area (Å²) in [6.45, 7) is 0. The van der Waals surface area contributed by atoms with Gasteiger partial charge in [-0.2, -0.15) is 0 Å². The number of rotatable bonds is 4. The molecule has 0 unspecified atom stereocenters. The van der Waals surface area contributed by atoms with Crippen LogP contribution < -0.4 is 16.0 Å². The highest BCUT2D eigenvalue weighted by molar-refractivity contribution is 7.80. The Labute approximate surface area is 143 Å². The Bertz CT molecular complexity index is 740. The number of anilines is 1. The number of carbonyl (C=O) groups is 2. The number of carbonyl (C=O) groups excluding carboxylic acids is 2. The number of thiophene rings is 1. The van der Waals surface area contributed by atoms with Crippen LogP contribution in [0.5, 0.6) is 0 Å². The molecule has 1 aromatic heterocycles. The number of nitrogens with one attached hydrogen (secondary N) is 3. The van der Waals surface area contributed by atoms with E-state index >= 15 is 0 Å². The van der Waals surface area contributed by atoms with Crippen LogP contribution in [0.3, 0.4) is 0 Å². The maximum absolute atomic E-state index is 11.8. The van der Waals surface area contributed by atoms with E-state index in [0.29, 0.717) is 11.3 Å². The van der Waals surface area contributed by atoms with Crippen molar-refractivity contribution in [1.82, 2.24) is 10.6 Å². The van der Waals surface area contributed by atoms with Gasteiger partial charge >= 0.3 is 0 Å². The molecule has 0 saturated carbocycles. The Morgan fingerprint density at radius 1 is 1.17 bits per heavy atom. The second-order valence-electron chi connectivity index (χ2n) is 4.42. The van der Waals surface area contributed by atoms with Gasteiger partial charge in [0.1, 0.15) is 0 Å². The lowest BCUT2D eigenvalue weighted by Crippen LogP contribution is -2.33. The smallest absolute Gasteiger partial charge is 0.253 e. The second-order valence-corrected chi connectivity index (χ2v) is 5.80. The molecule has 23 heavy (non-hydrogen) atoms. The Kier molecular flexibility index (Phi) is 6.02. The third-order valence-corrected chi connectivity index (χ3v) is 3.87. The first-order valence-electron chi connectivity index (χ1n) is 6.75. The summed E-state index contributed by atoms with van der Waals surface area (Å²) in [6, 6.07) is 10.7. The molecule has 0 saturated heterocycles. The first kappa shape index (κ1) is 16.9. The normalized spacial score (nSPS) is 10.3. The lowest BCUT2D eigenvalue weighted by molar-refractivity contribution is -0.115. The molecule has 0 radical (unpaired) electrons. The van der Waals surface area contributed by atoms with Gasteiger partial charge in [0.15, 0.2) is 5.11 Å². The number of amides is 2. The van der Waals surface area contributed by atoms with E-state index in [1.165, 1.54) is 17.4 Å². The summed E-state index contributed by atoms with van der Waals surface area (Å²) in [4.78, 5) is 24.6. The highest BCUT2D eigenvalue weighted by Gasteiger charge is 2.10. The predicted octanol–water partition coefficient (Wildman–Crippen LogP) is 2.63. The van der Waals surface area contributed by atoms with Gasteiger partial charge in [0.2, 0.25) is 5.91 Å². The Hall–Kier alpha value is -2.51. The fourth-order valence-electron chi connectivity index (χ4n) is 1.78. The maximum atomic E-state index is 11.8. The minimum Gasteiger partial charge on any atom is -0.355 e. The molecule has 3 N–H and O–H groups in total. The Balaban J connectivity index is 1.97. The molecular formula is C16H15N3O2S2. The van der Waals surface area contributed by atoms with Gasteiger partial charge in [0, 0.05) is 18.0 Å². The summed E-state index contributed by atoms with van der Waals surface area (Å²) in [5, 5.41) is 10.0. The molecular weight excluding hydrogens is 330 g/mol. The van der Waals surface area contributed by atoms with Crippen molar-refractivity contribution in [2.45, 2.75) is 0 Å².